The van der Waals surface area contributed by atoms with Gasteiger partial charge in [0, 0.05) is 19.6 Å². The number of nitrogens with two attached hydrogens (primary N) is 1. The Morgan fingerprint density at radius 1 is 0.895 bits per heavy atom. The summed E-state index contributed by atoms with van der Waals surface area (Å²) in [5, 5.41) is 0. The zero-order valence-electron chi connectivity index (χ0n) is 12.1. The molecule has 0 radical (unpaired) electrons. The fourth-order valence-electron chi connectivity index (χ4n) is 1.86. The first-order valence-electron chi connectivity index (χ1n) is 7.39. The maximum atomic E-state index is 5.78. The number of benzene rings is 1. The standard InChI is InChI=1S/C16H27NO2/c1-2-3-4-5-8-12-18-13-9-14-19-16-11-7-6-10-15(16)17/h6-7,10-11H,2-5,8-9,12-14,17H2,1H3. The third-order valence-corrected chi connectivity index (χ3v) is 3.00. The summed E-state index contributed by atoms with van der Waals surface area (Å²) in [6.45, 7) is 4.53. The number of hydrogen-bond donors (Lipinski definition) is 1. The predicted octanol–water partition coefficient (Wildman–Crippen LogP) is 4.02. The largest absolute Gasteiger partial charge is 0.491 e. The lowest BCUT2D eigenvalue weighted by Crippen LogP contribution is -2.05. The highest BCUT2D eigenvalue weighted by molar-refractivity contribution is 5.51. The molecule has 1 aromatic carbocycles. The van der Waals surface area contributed by atoms with Gasteiger partial charge in [-0.2, -0.15) is 0 Å². The van der Waals surface area contributed by atoms with Gasteiger partial charge in [-0.1, -0.05) is 44.7 Å². The zero-order valence-corrected chi connectivity index (χ0v) is 12.1. The molecule has 19 heavy (non-hydrogen) atoms. The van der Waals surface area contributed by atoms with Crippen LogP contribution in [0, 0.1) is 0 Å². The summed E-state index contributed by atoms with van der Waals surface area (Å²) in [5.74, 6) is 0.766. The number of anilines is 1. The lowest BCUT2D eigenvalue weighted by Gasteiger charge is -2.08. The normalized spacial score (nSPS) is 10.6. The number of unbranched alkanes of at least 4 members (excludes halogenated alkanes) is 4. The van der Waals surface area contributed by atoms with Crippen LogP contribution in [0.2, 0.25) is 0 Å². The molecule has 3 heteroatoms. The second-order valence-corrected chi connectivity index (χ2v) is 4.77. The van der Waals surface area contributed by atoms with Crippen LogP contribution in [0.25, 0.3) is 0 Å². The van der Waals surface area contributed by atoms with E-state index >= 15 is 0 Å². The number of ether oxygens (including phenoxy) is 2. The molecule has 0 aromatic heterocycles. The highest BCUT2D eigenvalue weighted by Gasteiger charge is 1.97. The van der Waals surface area contributed by atoms with E-state index in [2.05, 4.69) is 6.92 Å². The minimum atomic E-state index is 0.657. The van der Waals surface area contributed by atoms with E-state index in [0.717, 1.165) is 25.4 Å². The van der Waals surface area contributed by atoms with Gasteiger partial charge in [0.1, 0.15) is 5.75 Å². The first kappa shape index (κ1) is 15.8. The first-order chi connectivity index (χ1) is 9.34. The average molecular weight is 265 g/mol. The van der Waals surface area contributed by atoms with Gasteiger partial charge in [0.25, 0.3) is 0 Å². The Labute approximate surface area is 117 Å². The number of nitrogen functional groups attached to an aromatic ring is 1. The maximum absolute atomic E-state index is 5.78. The van der Waals surface area contributed by atoms with Gasteiger partial charge in [0.05, 0.1) is 12.3 Å². The Hall–Kier alpha value is -1.22. The van der Waals surface area contributed by atoms with Crippen LogP contribution in [0.5, 0.6) is 5.75 Å². The summed E-state index contributed by atoms with van der Waals surface area (Å²) in [7, 11) is 0. The van der Waals surface area contributed by atoms with Crippen molar-refractivity contribution >= 4 is 5.69 Å². The minimum absolute atomic E-state index is 0.657. The van der Waals surface area contributed by atoms with E-state index in [9.17, 15) is 0 Å². The molecule has 0 aliphatic carbocycles. The SMILES string of the molecule is CCCCCCCOCCCOc1ccccc1N. The predicted molar refractivity (Wildman–Crippen MR) is 80.5 cm³/mol. The van der Waals surface area contributed by atoms with E-state index < -0.39 is 0 Å². The van der Waals surface area contributed by atoms with Crippen molar-refractivity contribution in [3.8, 4) is 5.75 Å². The van der Waals surface area contributed by atoms with Gasteiger partial charge in [-0.05, 0) is 18.6 Å². The Morgan fingerprint density at radius 3 is 2.42 bits per heavy atom. The molecule has 108 valence electrons. The lowest BCUT2D eigenvalue weighted by molar-refractivity contribution is 0.116. The van der Waals surface area contributed by atoms with E-state index in [-0.39, 0.29) is 0 Å². The summed E-state index contributed by atoms with van der Waals surface area (Å²) in [6, 6.07) is 7.58. The summed E-state index contributed by atoms with van der Waals surface area (Å²) in [6.07, 6.45) is 7.32. The van der Waals surface area contributed by atoms with Gasteiger partial charge >= 0.3 is 0 Å². The van der Waals surface area contributed by atoms with E-state index in [4.69, 9.17) is 15.2 Å². The van der Waals surface area contributed by atoms with Gasteiger partial charge < -0.3 is 15.2 Å². The number of rotatable bonds is 11. The van der Waals surface area contributed by atoms with Gasteiger partial charge in [0.2, 0.25) is 0 Å². The van der Waals surface area contributed by atoms with Crippen LogP contribution < -0.4 is 10.5 Å². The monoisotopic (exact) mass is 265 g/mol. The molecular weight excluding hydrogens is 238 g/mol. The van der Waals surface area contributed by atoms with Crippen molar-refractivity contribution in [2.45, 2.75) is 45.4 Å². The Bertz CT molecular complexity index is 328. The molecule has 0 fully saturated rings. The molecular formula is C16H27NO2. The van der Waals surface area contributed by atoms with Gasteiger partial charge in [-0.15, -0.1) is 0 Å². The highest BCUT2D eigenvalue weighted by Crippen LogP contribution is 2.19. The molecule has 2 N–H and O–H groups in total. The van der Waals surface area contributed by atoms with Gasteiger partial charge in [-0.3, -0.25) is 0 Å². The fourth-order valence-corrected chi connectivity index (χ4v) is 1.86. The van der Waals surface area contributed by atoms with E-state index in [0.29, 0.717) is 12.3 Å². The second kappa shape index (κ2) is 10.7. The van der Waals surface area contributed by atoms with Crippen LogP contribution in [0.15, 0.2) is 24.3 Å². The van der Waals surface area contributed by atoms with Crippen LogP contribution in [-0.2, 0) is 4.74 Å². The van der Waals surface area contributed by atoms with E-state index in [1.807, 2.05) is 24.3 Å². The Morgan fingerprint density at radius 2 is 1.63 bits per heavy atom. The molecule has 0 saturated carbocycles. The van der Waals surface area contributed by atoms with Crippen molar-refractivity contribution in [1.29, 1.82) is 0 Å². The van der Waals surface area contributed by atoms with Crippen molar-refractivity contribution in [2.75, 3.05) is 25.6 Å². The van der Waals surface area contributed by atoms with Crippen molar-refractivity contribution in [3.05, 3.63) is 24.3 Å². The molecule has 1 rings (SSSR count). The van der Waals surface area contributed by atoms with E-state index in [1.165, 1.54) is 32.1 Å². The molecule has 0 amide bonds. The third kappa shape index (κ3) is 7.73. The van der Waals surface area contributed by atoms with Crippen LogP contribution in [0.4, 0.5) is 5.69 Å². The molecule has 0 unspecified atom stereocenters. The van der Waals surface area contributed by atoms with Crippen molar-refractivity contribution < 1.29 is 9.47 Å². The van der Waals surface area contributed by atoms with Crippen molar-refractivity contribution in [2.24, 2.45) is 0 Å². The van der Waals surface area contributed by atoms with Crippen LogP contribution >= 0.6 is 0 Å². The molecule has 0 heterocycles. The third-order valence-electron chi connectivity index (χ3n) is 3.00. The molecule has 0 aliphatic heterocycles. The molecule has 0 saturated heterocycles. The topological polar surface area (TPSA) is 44.5 Å². The number of para-hydroxylation sites is 2. The molecule has 0 spiro atoms. The Kier molecular flexibility index (Phi) is 8.90. The average Bonchev–Trinajstić information content (AvgIpc) is 2.43. The van der Waals surface area contributed by atoms with Gasteiger partial charge in [-0.25, -0.2) is 0 Å². The van der Waals surface area contributed by atoms with Crippen LogP contribution in [0.3, 0.4) is 0 Å². The summed E-state index contributed by atoms with van der Waals surface area (Å²) in [4.78, 5) is 0. The summed E-state index contributed by atoms with van der Waals surface area (Å²) in [5.41, 5.74) is 6.48. The molecule has 3 nitrogen and oxygen atoms in total. The van der Waals surface area contributed by atoms with Gasteiger partial charge in [0.15, 0.2) is 0 Å². The molecule has 1 aromatic rings. The molecule has 0 bridgehead atoms. The summed E-state index contributed by atoms with van der Waals surface area (Å²) >= 11 is 0. The van der Waals surface area contributed by atoms with Crippen LogP contribution in [0.1, 0.15) is 45.4 Å². The first-order valence-corrected chi connectivity index (χ1v) is 7.39. The van der Waals surface area contributed by atoms with Crippen LogP contribution in [-0.4, -0.2) is 19.8 Å². The molecule has 0 aliphatic rings. The minimum Gasteiger partial charge on any atom is -0.491 e. The lowest BCUT2D eigenvalue weighted by atomic mass is 10.2. The highest BCUT2D eigenvalue weighted by atomic mass is 16.5. The molecule has 0 atom stereocenters. The zero-order chi connectivity index (χ0) is 13.8. The Balaban J connectivity index is 1.90. The van der Waals surface area contributed by atoms with E-state index in [1.54, 1.807) is 0 Å². The maximum Gasteiger partial charge on any atom is 0.142 e. The number of hydrogen-bond acceptors (Lipinski definition) is 3. The quantitative estimate of drug-likeness (QED) is 0.485. The second-order valence-electron chi connectivity index (χ2n) is 4.77. The van der Waals surface area contributed by atoms with Crippen molar-refractivity contribution in [3.63, 3.8) is 0 Å². The fraction of sp³-hybridized carbons (Fsp3) is 0.625. The summed E-state index contributed by atoms with van der Waals surface area (Å²) < 4.78 is 11.2. The smallest absolute Gasteiger partial charge is 0.142 e. The van der Waals surface area contributed by atoms with Crippen molar-refractivity contribution in [1.82, 2.24) is 0 Å².